The number of benzene rings is 2. The number of methoxy groups -OCH3 is 1. The summed E-state index contributed by atoms with van der Waals surface area (Å²) in [6.07, 6.45) is 5.72. The first-order valence-electron chi connectivity index (χ1n) is 23.1. The molecule has 2 aromatic heterocycles. The zero-order valence-electron chi connectivity index (χ0n) is 38.6. The van der Waals surface area contributed by atoms with Crippen molar-refractivity contribution in [3.63, 3.8) is 0 Å². The van der Waals surface area contributed by atoms with Crippen LogP contribution in [0.5, 0.6) is 5.75 Å². The van der Waals surface area contributed by atoms with Crippen LogP contribution in [-0.2, 0) is 48.0 Å². The Bertz CT molecular complexity index is 2440. The molecule has 3 amide bonds. The lowest BCUT2D eigenvalue weighted by Gasteiger charge is -2.37. The predicted molar refractivity (Wildman–Crippen MR) is 245 cm³/mol. The number of amides is 3. The molecule has 1 spiro atoms. The van der Waals surface area contributed by atoms with E-state index in [1.807, 2.05) is 39.0 Å². The highest BCUT2D eigenvalue weighted by Crippen LogP contribution is 2.48. The topological polar surface area (TPSA) is 167 Å². The number of hydrazine groups is 1. The Labute approximate surface area is 376 Å². The molecule has 3 fully saturated rings. The van der Waals surface area contributed by atoms with Gasteiger partial charge in [-0.3, -0.25) is 29.2 Å². The molecule has 8 rings (SSSR count). The van der Waals surface area contributed by atoms with Crippen molar-refractivity contribution in [2.24, 2.45) is 17.3 Å². The molecule has 3 aliphatic heterocycles. The molecule has 1 saturated carbocycles. The Morgan fingerprint density at radius 3 is 2.58 bits per heavy atom. The number of aromatic nitrogens is 2. The average Bonchev–Trinajstić information content (AvgIpc) is 3.84. The number of nitrogens with one attached hydrogen (secondary N) is 3. The van der Waals surface area contributed by atoms with E-state index in [2.05, 4.69) is 59.6 Å². The number of hydrogen-bond acceptors (Lipinski definition) is 10. The van der Waals surface area contributed by atoms with Crippen LogP contribution in [0.25, 0.3) is 33.3 Å². The average molecular weight is 876 g/mol. The summed E-state index contributed by atoms with van der Waals surface area (Å²) in [6.45, 7) is 14.0. The molecule has 14 heteroatoms. The number of likely N-dealkylation sites (N-methyl/N-ethyl adjacent to an activating group) is 1. The van der Waals surface area contributed by atoms with Crippen LogP contribution in [0, 0.1) is 17.3 Å². The SMILES string of the molecule is CCn1c(-c2cccnc2[C@H](C)OC)c2c3cc(ccc31)-c1cc(O)cc(c1)CC(NC(=O)[C@H](C(C)C)N(C)C(=O)C1CCNC13CC3)C(=O)N1CCC[C@H](N1)C(=O)OCC(C)(C)C2. The van der Waals surface area contributed by atoms with E-state index in [-0.39, 0.29) is 48.2 Å². The van der Waals surface area contributed by atoms with Crippen molar-refractivity contribution in [3.05, 3.63) is 71.5 Å². The molecule has 5 heterocycles. The summed E-state index contributed by atoms with van der Waals surface area (Å²) in [4.78, 5) is 63.6. The molecule has 4 aromatic rings. The fourth-order valence-corrected chi connectivity index (χ4v) is 10.5. The number of phenolic OH excluding ortho intramolecular Hbond substituents is 1. The molecule has 2 unspecified atom stereocenters. The highest BCUT2D eigenvalue weighted by Gasteiger charge is 2.56. The van der Waals surface area contributed by atoms with Gasteiger partial charge >= 0.3 is 5.97 Å². The summed E-state index contributed by atoms with van der Waals surface area (Å²) in [5.41, 5.74) is 9.58. The van der Waals surface area contributed by atoms with E-state index in [1.54, 1.807) is 37.4 Å². The zero-order chi connectivity index (χ0) is 45.7. The van der Waals surface area contributed by atoms with E-state index in [4.69, 9.17) is 14.5 Å². The third-order valence-corrected chi connectivity index (χ3v) is 14.0. The van der Waals surface area contributed by atoms with Crippen molar-refractivity contribution < 1.29 is 33.8 Å². The number of rotatable bonds is 9. The number of carbonyl (C=O) groups excluding carboxylic acids is 4. The van der Waals surface area contributed by atoms with Gasteiger partial charge in [0.25, 0.3) is 5.91 Å². The lowest BCUT2D eigenvalue weighted by atomic mass is 9.84. The number of esters is 1. The van der Waals surface area contributed by atoms with Crippen molar-refractivity contribution in [1.29, 1.82) is 0 Å². The van der Waals surface area contributed by atoms with E-state index < -0.39 is 41.3 Å². The number of ether oxygens (including phenoxy) is 2. The van der Waals surface area contributed by atoms with Gasteiger partial charge in [0.05, 0.1) is 30.0 Å². The Balaban J connectivity index is 1.22. The van der Waals surface area contributed by atoms with Gasteiger partial charge in [-0.25, -0.2) is 5.43 Å². The van der Waals surface area contributed by atoms with E-state index in [9.17, 15) is 24.3 Å². The first-order valence-corrected chi connectivity index (χ1v) is 23.1. The van der Waals surface area contributed by atoms with Gasteiger partial charge in [-0.2, -0.15) is 0 Å². The summed E-state index contributed by atoms with van der Waals surface area (Å²) in [6, 6.07) is 12.9. The van der Waals surface area contributed by atoms with Crippen molar-refractivity contribution >= 4 is 34.6 Å². The fraction of sp³-hybridized carbons (Fsp3) is 0.540. The maximum absolute atomic E-state index is 14.7. The molecule has 1 aliphatic carbocycles. The molecule has 4 N–H and O–H groups in total. The van der Waals surface area contributed by atoms with Crippen molar-refractivity contribution in [2.75, 3.05) is 33.9 Å². The van der Waals surface area contributed by atoms with Gasteiger partial charge in [0.1, 0.15) is 23.9 Å². The maximum atomic E-state index is 14.7. The molecular formula is C50H65N7O7. The lowest BCUT2D eigenvalue weighted by Crippen LogP contribution is -2.62. The number of aromatic hydroxyl groups is 1. The molecule has 2 aromatic carbocycles. The van der Waals surface area contributed by atoms with Crippen molar-refractivity contribution in [3.8, 4) is 28.1 Å². The minimum atomic E-state index is -1.10. The second-order valence-electron chi connectivity index (χ2n) is 19.6. The number of aryl methyl sites for hydroxylation is 1. The van der Waals surface area contributed by atoms with Crippen molar-refractivity contribution in [1.82, 2.24) is 35.5 Å². The largest absolute Gasteiger partial charge is 0.508 e. The van der Waals surface area contributed by atoms with Crippen LogP contribution in [0.3, 0.4) is 0 Å². The minimum absolute atomic E-state index is 0.0183. The van der Waals surface area contributed by atoms with E-state index in [0.717, 1.165) is 70.4 Å². The van der Waals surface area contributed by atoms with Crippen LogP contribution in [0.2, 0.25) is 0 Å². The number of fused-ring (bicyclic) bond motifs is 6. The molecular weight excluding hydrogens is 811 g/mol. The van der Waals surface area contributed by atoms with E-state index in [0.29, 0.717) is 37.9 Å². The minimum Gasteiger partial charge on any atom is -0.508 e. The van der Waals surface area contributed by atoms with Crippen LogP contribution in [0.4, 0.5) is 0 Å². The quantitative estimate of drug-likeness (QED) is 0.145. The number of cyclic esters (lactones) is 1. The molecule has 342 valence electrons. The first-order chi connectivity index (χ1) is 30.5. The normalized spacial score (nSPS) is 22.8. The van der Waals surface area contributed by atoms with Crippen LogP contribution in [0.1, 0.15) is 96.6 Å². The van der Waals surface area contributed by atoms with Crippen LogP contribution >= 0.6 is 0 Å². The number of nitrogens with zero attached hydrogens (tertiary/aromatic N) is 4. The monoisotopic (exact) mass is 875 g/mol. The molecule has 14 nitrogen and oxygen atoms in total. The van der Waals surface area contributed by atoms with Crippen LogP contribution < -0.4 is 16.1 Å². The summed E-state index contributed by atoms with van der Waals surface area (Å²) in [5.74, 6) is -1.84. The van der Waals surface area contributed by atoms with Gasteiger partial charge in [-0.1, -0.05) is 39.8 Å². The van der Waals surface area contributed by atoms with Gasteiger partial charge in [0, 0.05) is 67.3 Å². The first kappa shape index (κ1) is 45.3. The standard InChI is InChI=1S/C50H65N7O7/c1-9-56-41-15-14-32-26-36(41)37(44(56)35-12-10-19-51-42(35)30(4)63-8)27-49(5,6)28-64-48(62)39-13-11-21-57(54-39)47(61)40(24-31-22-33(32)25-34(58)23-31)53-45(59)43(29(2)3)55(7)46(60)38-16-20-52-50(38)17-18-50/h10,12,14-15,19,22-23,25-26,29-30,38-40,43,52,54,58H,9,11,13,16-18,20-21,24,27-28H2,1-8H3,(H,53,59)/t30-,38?,39-,40?,43-/m0/s1. The summed E-state index contributed by atoms with van der Waals surface area (Å²) < 4.78 is 14.2. The highest BCUT2D eigenvalue weighted by atomic mass is 16.5. The van der Waals surface area contributed by atoms with Gasteiger partial charge in [-0.15, -0.1) is 0 Å². The maximum Gasteiger partial charge on any atom is 0.324 e. The van der Waals surface area contributed by atoms with Crippen molar-refractivity contribution in [2.45, 2.75) is 123 Å². The predicted octanol–water partition coefficient (Wildman–Crippen LogP) is 6.08. The molecule has 2 saturated heterocycles. The van der Waals surface area contributed by atoms with E-state index >= 15 is 0 Å². The molecule has 5 atom stereocenters. The fourth-order valence-electron chi connectivity index (χ4n) is 10.5. The molecule has 0 radical (unpaired) electrons. The Morgan fingerprint density at radius 2 is 1.86 bits per heavy atom. The smallest absolute Gasteiger partial charge is 0.324 e. The number of pyridine rings is 1. The van der Waals surface area contributed by atoms with Gasteiger partial charge in [0.15, 0.2) is 0 Å². The number of hydrogen-bond donors (Lipinski definition) is 4. The Kier molecular flexibility index (Phi) is 12.7. The molecule has 4 aliphatic rings. The third-order valence-electron chi connectivity index (χ3n) is 14.0. The summed E-state index contributed by atoms with van der Waals surface area (Å²) in [7, 11) is 3.37. The number of phenols is 1. The Hall–Kier alpha value is -5.31. The van der Waals surface area contributed by atoms with Crippen LogP contribution in [-0.4, -0.2) is 106 Å². The molecule has 64 heavy (non-hydrogen) atoms. The third kappa shape index (κ3) is 8.76. The second kappa shape index (κ2) is 17.9. The summed E-state index contributed by atoms with van der Waals surface area (Å²) in [5, 5.41) is 20.3. The Morgan fingerprint density at radius 1 is 1.08 bits per heavy atom. The van der Waals surface area contributed by atoms with E-state index in [1.165, 1.54) is 5.01 Å². The number of carbonyl (C=O) groups is 4. The molecule has 6 bridgehead atoms. The second-order valence-corrected chi connectivity index (χ2v) is 19.6. The highest BCUT2D eigenvalue weighted by molar-refractivity contribution is 5.96. The van der Waals surface area contributed by atoms with Gasteiger partial charge in [-0.05, 0) is 123 Å². The lowest BCUT2D eigenvalue weighted by molar-refractivity contribution is -0.155. The van der Waals surface area contributed by atoms with Gasteiger partial charge in [0.2, 0.25) is 11.8 Å². The van der Waals surface area contributed by atoms with Crippen LogP contribution in [0.15, 0.2) is 54.7 Å². The van der Waals surface area contributed by atoms with Gasteiger partial charge < -0.3 is 34.7 Å². The summed E-state index contributed by atoms with van der Waals surface area (Å²) >= 11 is 0. The zero-order valence-corrected chi connectivity index (χ0v) is 38.6.